The Morgan fingerprint density at radius 1 is 1.16 bits per heavy atom. The minimum absolute atomic E-state index is 0.0466. The van der Waals surface area contributed by atoms with Crippen LogP contribution in [0.25, 0.3) is 22.3 Å². The third-order valence-electron chi connectivity index (χ3n) is 4.66. The number of hydrogen-bond donors (Lipinski definition) is 5. The lowest BCUT2D eigenvalue weighted by Gasteiger charge is -2.07. The fourth-order valence-electron chi connectivity index (χ4n) is 3.18. The van der Waals surface area contributed by atoms with Gasteiger partial charge in [-0.1, -0.05) is 29.3 Å². The molecule has 0 saturated carbocycles. The molecule has 0 amide bonds. The highest BCUT2D eigenvalue weighted by Crippen LogP contribution is 2.35. The molecule has 0 spiro atoms. The maximum Gasteiger partial charge on any atom is 0.323 e. The molecule has 0 aliphatic carbocycles. The van der Waals surface area contributed by atoms with E-state index in [2.05, 4.69) is 30.9 Å². The number of nitrogens with zero attached hydrogens (tertiary/aromatic N) is 3. The van der Waals surface area contributed by atoms with Crippen LogP contribution in [0.3, 0.4) is 0 Å². The minimum Gasteiger partial charge on any atom is -0.504 e. The Morgan fingerprint density at radius 2 is 1.91 bits per heavy atom. The Balaban J connectivity index is 1.51. The van der Waals surface area contributed by atoms with Gasteiger partial charge in [0, 0.05) is 18.3 Å². The van der Waals surface area contributed by atoms with Gasteiger partial charge in [0.15, 0.2) is 16.6 Å². The lowest BCUT2D eigenvalue weighted by Crippen LogP contribution is -2.25. The first-order valence-electron chi connectivity index (χ1n) is 9.28. The van der Waals surface area contributed by atoms with Crippen LogP contribution in [0.15, 0.2) is 46.3 Å². The van der Waals surface area contributed by atoms with Crippen molar-refractivity contribution >= 4 is 63.0 Å². The third kappa shape index (κ3) is 4.33. The molecule has 0 fully saturated rings. The van der Waals surface area contributed by atoms with Crippen LogP contribution in [0.4, 0.5) is 5.69 Å². The number of anilines is 1. The Morgan fingerprint density at radius 3 is 2.66 bits per heavy atom. The number of benzene rings is 2. The highest BCUT2D eigenvalue weighted by atomic mass is 35.5. The molecule has 0 aliphatic heterocycles. The van der Waals surface area contributed by atoms with Crippen molar-refractivity contribution in [2.75, 3.05) is 5.32 Å². The zero-order valence-corrected chi connectivity index (χ0v) is 19.2. The number of halogens is 2. The van der Waals surface area contributed by atoms with E-state index in [9.17, 15) is 9.90 Å². The molecule has 4 rings (SSSR count). The van der Waals surface area contributed by atoms with Gasteiger partial charge in [0.05, 0.1) is 26.8 Å². The molecule has 164 valence electrons. The number of rotatable bonds is 4. The first-order chi connectivity index (χ1) is 15.2. The summed E-state index contributed by atoms with van der Waals surface area (Å²) in [6.07, 6.45) is 0. The number of thiocarbonyl (C=S) groups is 1. The predicted molar refractivity (Wildman–Crippen MR) is 131 cm³/mol. The second-order valence-electron chi connectivity index (χ2n) is 6.90. The van der Waals surface area contributed by atoms with Gasteiger partial charge in [-0.3, -0.25) is 10.1 Å². The molecule has 2 aromatic carbocycles. The number of aromatic nitrogens is 4. The number of aryl methyl sites for hydroxylation is 1. The van der Waals surface area contributed by atoms with Crippen molar-refractivity contribution in [1.82, 2.24) is 25.2 Å². The Hall–Kier alpha value is -3.34. The average molecular weight is 490 g/mol. The number of imidazole rings is 1. The van der Waals surface area contributed by atoms with E-state index in [0.717, 1.165) is 0 Å². The number of hydrazone groups is 1. The van der Waals surface area contributed by atoms with Gasteiger partial charge < -0.3 is 20.4 Å². The number of H-pyrrole nitrogens is 2. The van der Waals surface area contributed by atoms with Crippen LogP contribution < -0.4 is 16.4 Å². The molecular weight excluding hydrogens is 473 g/mol. The molecule has 9 nitrogen and oxygen atoms in total. The van der Waals surface area contributed by atoms with E-state index in [1.54, 1.807) is 50.4 Å². The molecule has 0 saturated heterocycles. The molecule has 0 atom stereocenters. The lowest BCUT2D eigenvalue weighted by molar-refractivity contribution is 0.475. The third-order valence-corrected chi connectivity index (χ3v) is 5.59. The van der Waals surface area contributed by atoms with Crippen LogP contribution in [0.5, 0.6) is 5.75 Å². The number of fused-ring (bicyclic) bond motifs is 1. The van der Waals surface area contributed by atoms with Gasteiger partial charge in [-0.15, -0.1) is 0 Å². The van der Waals surface area contributed by atoms with Crippen LogP contribution in [-0.4, -0.2) is 35.7 Å². The summed E-state index contributed by atoms with van der Waals surface area (Å²) in [5, 5.41) is 23.3. The van der Waals surface area contributed by atoms with E-state index in [4.69, 9.17) is 35.4 Å². The van der Waals surface area contributed by atoms with Crippen molar-refractivity contribution in [2.24, 2.45) is 12.1 Å². The molecule has 5 N–H and O–H groups in total. The molecule has 0 aliphatic rings. The quantitative estimate of drug-likeness (QED) is 0.168. The van der Waals surface area contributed by atoms with Crippen LogP contribution >= 0.6 is 35.4 Å². The first-order valence-corrected chi connectivity index (χ1v) is 10.4. The van der Waals surface area contributed by atoms with Crippen LogP contribution in [-0.2, 0) is 7.05 Å². The number of nitrogens with one attached hydrogen (secondary N) is 4. The highest BCUT2D eigenvalue weighted by molar-refractivity contribution is 7.80. The summed E-state index contributed by atoms with van der Waals surface area (Å²) in [6, 6.07) is 10.3. The second-order valence-corrected chi connectivity index (χ2v) is 8.12. The zero-order chi connectivity index (χ0) is 23.0. The summed E-state index contributed by atoms with van der Waals surface area (Å²) in [5.74, 6) is -0.0466. The van der Waals surface area contributed by atoms with Gasteiger partial charge in [0.25, 0.3) is 0 Å². The molecule has 2 aromatic heterocycles. The summed E-state index contributed by atoms with van der Waals surface area (Å²) in [7, 11) is 1.70. The van der Waals surface area contributed by atoms with Gasteiger partial charge in [0.1, 0.15) is 5.69 Å². The van der Waals surface area contributed by atoms with Crippen LogP contribution in [0, 0.1) is 0 Å². The SMILES string of the molecule is C/C(=N\NC(=S)Nc1ccc2[nH]c(=O)[nH]c2c1)c1nn(C)c(-c2ccc(Cl)c(Cl)c2)c1O. The molecule has 32 heavy (non-hydrogen) atoms. The maximum atomic E-state index is 11.4. The van der Waals surface area contributed by atoms with Crippen LogP contribution in [0.2, 0.25) is 10.0 Å². The second kappa shape index (κ2) is 8.65. The molecular formula is C20H17Cl2N7O2S. The molecule has 0 bridgehead atoms. The van der Waals surface area contributed by atoms with E-state index < -0.39 is 0 Å². The summed E-state index contributed by atoms with van der Waals surface area (Å²) >= 11 is 17.4. The average Bonchev–Trinajstić information content (AvgIpc) is 3.26. The van der Waals surface area contributed by atoms with E-state index >= 15 is 0 Å². The molecule has 0 unspecified atom stereocenters. The first kappa shape index (κ1) is 21.9. The zero-order valence-electron chi connectivity index (χ0n) is 16.8. The topological polar surface area (TPSA) is 123 Å². The lowest BCUT2D eigenvalue weighted by atomic mass is 10.1. The minimum atomic E-state index is -0.284. The molecule has 2 heterocycles. The van der Waals surface area contributed by atoms with Gasteiger partial charge in [-0.25, -0.2) is 4.79 Å². The van der Waals surface area contributed by atoms with Crippen molar-refractivity contribution in [1.29, 1.82) is 0 Å². The van der Waals surface area contributed by atoms with E-state index in [0.29, 0.717) is 43.7 Å². The smallest absolute Gasteiger partial charge is 0.323 e. The van der Waals surface area contributed by atoms with Crippen molar-refractivity contribution in [2.45, 2.75) is 6.92 Å². The summed E-state index contributed by atoms with van der Waals surface area (Å²) in [5.41, 5.74) is 6.29. The Kier molecular flexibility index (Phi) is 5.92. The van der Waals surface area contributed by atoms with E-state index in [-0.39, 0.29) is 22.2 Å². The van der Waals surface area contributed by atoms with Gasteiger partial charge in [-0.05, 0) is 49.5 Å². The largest absolute Gasteiger partial charge is 0.504 e. The maximum absolute atomic E-state index is 11.4. The van der Waals surface area contributed by atoms with Crippen molar-refractivity contribution in [3.05, 3.63) is 62.6 Å². The van der Waals surface area contributed by atoms with Crippen molar-refractivity contribution in [3.63, 3.8) is 0 Å². The number of hydrogen-bond acceptors (Lipinski definition) is 5. The van der Waals surface area contributed by atoms with Crippen molar-refractivity contribution < 1.29 is 5.11 Å². The van der Waals surface area contributed by atoms with Gasteiger partial charge in [-0.2, -0.15) is 10.2 Å². The monoisotopic (exact) mass is 489 g/mol. The highest BCUT2D eigenvalue weighted by Gasteiger charge is 2.19. The predicted octanol–water partition coefficient (Wildman–Crippen LogP) is 3.98. The normalized spacial score (nSPS) is 11.7. The number of aromatic amines is 2. The van der Waals surface area contributed by atoms with Crippen LogP contribution in [0.1, 0.15) is 12.6 Å². The Bertz CT molecular complexity index is 1440. The fourth-order valence-corrected chi connectivity index (χ4v) is 3.64. The number of aromatic hydroxyl groups is 1. The molecule has 4 aromatic rings. The standard InChI is InChI=1S/C20H17Cl2N7O2S/c1-9(16-18(30)17(29(2)28-16)10-3-5-12(21)13(22)7-10)26-27-20(32)23-11-4-6-14-15(8-11)25-19(31)24-14/h3-8,30H,1-2H3,(H2,23,27,32)(H2,24,25,31)/b26-9+. The molecule has 12 heteroatoms. The summed E-state index contributed by atoms with van der Waals surface area (Å²) < 4.78 is 1.53. The fraction of sp³-hybridized carbons (Fsp3) is 0.100. The molecule has 0 radical (unpaired) electrons. The summed E-state index contributed by atoms with van der Waals surface area (Å²) in [6.45, 7) is 1.69. The summed E-state index contributed by atoms with van der Waals surface area (Å²) in [4.78, 5) is 16.7. The van der Waals surface area contributed by atoms with E-state index in [1.807, 2.05) is 0 Å². The van der Waals surface area contributed by atoms with Gasteiger partial charge >= 0.3 is 5.69 Å². The Labute approximate surface area is 197 Å². The van der Waals surface area contributed by atoms with E-state index in [1.165, 1.54) is 4.68 Å². The van der Waals surface area contributed by atoms with Gasteiger partial charge in [0.2, 0.25) is 0 Å². The van der Waals surface area contributed by atoms with Crippen molar-refractivity contribution in [3.8, 4) is 17.0 Å².